The topological polar surface area (TPSA) is 50.9 Å². The van der Waals surface area contributed by atoms with Crippen molar-refractivity contribution in [2.24, 2.45) is 0 Å². The maximum atomic E-state index is 9.14. The molecule has 0 saturated carbocycles. The Bertz CT molecular complexity index is 181. The van der Waals surface area contributed by atoms with Gasteiger partial charge in [-0.3, -0.25) is 4.68 Å². The molecule has 0 saturated heterocycles. The molecule has 0 radical (unpaired) electrons. The van der Waals surface area contributed by atoms with Crippen LogP contribution in [0, 0.1) is 0 Å². The fourth-order valence-electron chi connectivity index (χ4n) is 0.672. The molecule has 0 spiro atoms. The van der Waals surface area contributed by atoms with Gasteiger partial charge in [-0.05, 0) is 6.42 Å². The van der Waals surface area contributed by atoms with Gasteiger partial charge in [0.15, 0.2) is 0 Å². The Balaban J connectivity index is 0. The van der Waals surface area contributed by atoms with Crippen LogP contribution >= 0.6 is 24.8 Å². The van der Waals surface area contributed by atoms with Gasteiger partial charge in [0, 0.05) is 0 Å². The lowest BCUT2D eigenvalue weighted by atomic mass is 10.3. The zero-order chi connectivity index (χ0) is 7.40. The fraction of sp³-hybridized carbons (Fsp3) is 0.667. The van der Waals surface area contributed by atoms with Gasteiger partial charge in [-0.1, -0.05) is 6.92 Å². The van der Waals surface area contributed by atoms with E-state index in [1.165, 1.54) is 6.33 Å². The van der Waals surface area contributed by atoms with Crippen molar-refractivity contribution < 1.29 is 5.11 Å². The Morgan fingerprint density at radius 2 is 2.17 bits per heavy atom. The minimum Gasteiger partial charge on any atom is -0.391 e. The first-order valence-electron chi connectivity index (χ1n) is 3.33. The standard InChI is InChI=1S/C6H11N3O.2ClH/c1-2-6(10)3-9-5-7-4-8-9;;/h4-6,10H,2-3H2,1H3;2*1H. The summed E-state index contributed by atoms with van der Waals surface area (Å²) < 4.78 is 1.62. The molecule has 1 atom stereocenters. The third kappa shape index (κ3) is 4.54. The molecule has 0 amide bonds. The van der Waals surface area contributed by atoms with Crippen LogP contribution in [0.4, 0.5) is 0 Å². The lowest BCUT2D eigenvalue weighted by Crippen LogP contribution is -2.14. The van der Waals surface area contributed by atoms with E-state index in [0.717, 1.165) is 6.42 Å². The second-order valence-electron chi connectivity index (χ2n) is 2.18. The van der Waals surface area contributed by atoms with Crippen LogP contribution in [0.5, 0.6) is 0 Å². The Hall–Kier alpha value is -0.320. The largest absolute Gasteiger partial charge is 0.391 e. The van der Waals surface area contributed by atoms with Crippen LogP contribution in [0.25, 0.3) is 0 Å². The van der Waals surface area contributed by atoms with E-state index in [0.29, 0.717) is 6.54 Å². The molecule has 1 N–H and O–H groups in total. The van der Waals surface area contributed by atoms with E-state index in [4.69, 9.17) is 5.11 Å². The Morgan fingerprint density at radius 3 is 2.58 bits per heavy atom. The molecule has 4 nitrogen and oxygen atoms in total. The average molecular weight is 214 g/mol. The maximum absolute atomic E-state index is 9.14. The summed E-state index contributed by atoms with van der Waals surface area (Å²) in [4.78, 5) is 3.75. The van der Waals surface area contributed by atoms with E-state index >= 15 is 0 Å². The predicted molar refractivity (Wildman–Crippen MR) is 50.8 cm³/mol. The van der Waals surface area contributed by atoms with Crippen molar-refractivity contribution >= 4 is 24.8 Å². The van der Waals surface area contributed by atoms with Crippen LogP contribution in [-0.4, -0.2) is 26.0 Å². The quantitative estimate of drug-likeness (QED) is 0.812. The van der Waals surface area contributed by atoms with Gasteiger partial charge in [0.2, 0.25) is 0 Å². The fourth-order valence-corrected chi connectivity index (χ4v) is 0.672. The Morgan fingerprint density at radius 1 is 1.50 bits per heavy atom. The molecular weight excluding hydrogens is 201 g/mol. The monoisotopic (exact) mass is 213 g/mol. The highest BCUT2D eigenvalue weighted by molar-refractivity contribution is 5.85. The smallest absolute Gasteiger partial charge is 0.137 e. The minimum atomic E-state index is -0.304. The molecule has 0 bridgehead atoms. The SMILES string of the molecule is CCC(O)Cn1cncn1.Cl.Cl. The van der Waals surface area contributed by atoms with Crippen LogP contribution < -0.4 is 0 Å². The van der Waals surface area contributed by atoms with E-state index in [1.807, 2.05) is 6.92 Å². The molecule has 1 aromatic heterocycles. The average Bonchev–Trinajstić information content (AvgIpc) is 2.40. The van der Waals surface area contributed by atoms with Crippen molar-refractivity contribution in [1.29, 1.82) is 0 Å². The molecule has 1 unspecified atom stereocenters. The van der Waals surface area contributed by atoms with E-state index < -0.39 is 0 Å². The van der Waals surface area contributed by atoms with E-state index in [-0.39, 0.29) is 30.9 Å². The van der Waals surface area contributed by atoms with Crippen molar-refractivity contribution in [1.82, 2.24) is 14.8 Å². The van der Waals surface area contributed by atoms with Crippen LogP contribution in [0.15, 0.2) is 12.7 Å². The number of aromatic nitrogens is 3. The van der Waals surface area contributed by atoms with Crippen molar-refractivity contribution in [2.45, 2.75) is 26.0 Å². The molecular formula is C6H13Cl2N3O. The first-order chi connectivity index (χ1) is 4.83. The first kappa shape index (κ1) is 14.2. The van der Waals surface area contributed by atoms with E-state index in [2.05, 4.69) is 10.1 Å². The summed E-state index contributed by atoms with van der Waals surface area (Å²) >= 11 is 0. The molecule has 12 heavy (non-hydrogen) atoms. The second kappa shape index (κ2) is 7.34. The molecule has 1 rings (SSSR count). The third-order valence-corrected chi connectivity index (χ3v) is 1.34. The van der Waals surface area contributed by atoms with Crippen LogP contribution in [0.1, 0.15) is 13.3 Å². The Kier molecular flexibility index (Phi) is 8.69. The Labute approximate surface area is 83.8 Å². The van der Waals surface area contributed by atoms with E-state index in [9.17, 15) is 0 Å². The molecule has 72 valence electrons. The normalized spacial score (nSPS) is 11.2. The van der Waals surface area contributed by atoms with Gasteiger partial charge in [0.25, 0.3) is 0 Å². The molecule has 6 heteroatoms. The second-order valence-corrected chi connectivity index (χ2v) is 2.18. The molecule has 0 fully saturated rings. The predicted octanol–water partition coefficient (Wildman–Crippen LogP) is 0.893. The lowest BCUT2D eigenvalue weighted by molar-refractivity contribution is 0.145. The van der Waals surface area contributed by atoms with Gasteiger partial charge >= 0.3 is 0 Å². The van der Waals surface area contributed by atoms with Crippen molar-refractivity contribution in [2.75, 3.05) is 0 Å². The molecule has 1 heterocycles. The number of aliphatic hydroxyl groups excluding tert-OH is 1. The van der Waals surface area contributed by atoms with Gasteiger partial charge in [0.1, 0.15) is 12.7 Å². The summed E-state index contributed by atoms with van der Waals surface area (Å²) in [5.41, 5.74) is 0. The van der Waals surface area contributed by atoms with Crippen LogP contribution in [0.3, 0.4) is 0 Å². The number of aliphatic hydroxyl groups is 1. The van der Waals surface area contributed by atoms with Gasteiger partial charge in [0.05, 0.1) is 12.6 Å². The molecule has 0 aliphatic rings. The summed E-state index contributed by atoms with van der Waals surface area (Å²) in [5, 5.41) is 13.0. The highest BCUT2D eigenvalue weighted by atomic mass is 35.5. The third-order valence-electron chi connectivity index (χ3n) is 1.34. The van der Waals surface area contributed by atoms with Gasteiger partial charge in [-0.2, -0.15) is 5.10 Å². The summed E-state index contributed by atoms with van der Waals surface area (Å²) in [6.07, 6.45) is 3.50. The molecule has 0 aliphatic carbocycles. The number of rotatable bonds is 3. The number of hydrogen-bond acceptors (Lipinski definition) is 3. The lowest BCUT2D eigenvalue weighted by Gasteiger charge is -2.05. The molecule has 0 aromatic carbocycles. The zero-order valence-electron chi connectivity index (χ0n) is 6.75. The van der Waals surface area contributed by atoms with Crippen LogP contribution in [0.2, 0.25) is 0 Å². The number of nitrogens with zero attached hydrogens (tertiary/aromatic N) is 3. The van der Waals surface area contributed by atoms with Crippen LogP contribution in [-0.2, 0) is 6.54 Å². The summed E-state index contributed by atoms with van der Waals surface area (Å²) in [7, 11) is 0. The molecule has 1 aromatic rings. The van der Waals surface area contributed by atoms with Gasteiger partial charge in [-0.25, -0.2) is 4.98 Å². The van der Waals surface area contributed by atoms with E-state index in [1.54, 1.807) is 11.0 Å². The van der Waals surface area contributed by atoms with Gasteiger partial charge < -0.3 is 5.11 Å². The summed E-state index contributed by atoms with van der Waals surface area (Å²) in [6, 6.07) is 0. The molecule has 0 aliphatic heterocycles. The number of halogens is 2. The highest BCUT2D eigenvalue weighted by Gasteiger charge is 2.00. The van der Waals surface area contributed by atoms with Crippen molar-refractivity contribution in [3.63, 3.8) is 0 Å². The maximum Gasteiger partial charge on any atom is 0.137 e. The summed E-state index contributed by atoms with van der Waals surface area (Å²) in [5.74, 6) is 0. The zero-order valence-corrected chi connectivity index (χ0v) is 8.38. The van der Waals surface area contributed by atoms with Crippen molar-refractivity contribution in [3.8, 4) is 0 Å². The van der Waals surface area contributed by atoms with Gasteiger partial charge in [-0.15, -0.1) is 24.8 Å². The first-order valence-corrected chi connectivity index (χ1v) is 3.33. The number of hydrogen-bond donors (Lipinski definition) is 1. The minimum absolute atomic E-state index is 0. The van der Waals surface area contributed by atoms with Crippen molar-refractivity contribution in [3.05, 3.63) is 12.7 Å². The summed E-state index contributed by atoms with van der Waals surface area (Å²) in [6.45, 7) is 2.47. The highest BCUT2D eigenvalue weighted by Crippen LogP contribution is 1.92.